The molecule has 10 nitrogen and oxygen atoms in total. The van der Waals surface area contributed by atoms with E-state index in [1.54, 1.807) is 65.6 Å². The minimum atomic E-state index is -0.803. The van der Waals surface area contributed by atoms with Gasteiger partial charge in [-0.3, -0.25) is 28.9 Å². The summed E-state index contributed by atoms with van der Waals surface area (Å²) in [5.74, 6) is -1.08. The van der Waals surface area contributed by atoms with Gasteiger partial charge in [0.25, 0.3) is 11.8 Å². The van der Waals surface area contributed by atoms with Crippen molar-refractivity contribution in [3.8, 4) is 0 Å². The molecule has 3 heterocycles. The lowest BCUT2D eigenvalue weighted by atomic mass is 10.0. The van der Waals surface area contributed by atoms with Crippen molar-refractivity contribution >= 4 is 40.1 Å². The van der Waals surface area contributed by atoms with E-state index < -0.39 is 23.2 Å². The van der Waals surface area contributed by atoms with Gasteiger partial charge in [-0.2, -0.15) is 0 Å². The third-order valence-corrected chi connectivity index (χ3v) is 6.20. The zero-order chi connectivity index (χ0) is 24.3. The number of para-hydroxylation sites is 1. The van der Waals surface area contributed by atoms with Crippen LogP contribution in [-0.4, -0.2) is 39.1 Å². The summed E-state index contributed by atoms with van der Waals surface area (Å²) in [7, 11) is 0. The second-order valence-corrected chi connectivity index (χ2v) is 8.30. The molecule has 0 bridgehead atoms. The van der Waals surface area contributed by atoms with Gasteiger partial charge in [0.05, 0.1) is 22.3 Å². The van der Waals surface area contributed by atoms with E-state index in [0.717, 1.165) is 0 Å². The Labute approximate surface area is 196 Å². The summed E-state index contributed by atoms with van der Waals surface area (Å²) in [6.45, 7) is -0.309. The molecule has 2 aliphatic heterocycles. The number of benzene rings is 3. The van der Waals surface area contributed by atoms with Crippen LogP contribution < -0.4 is 21.3 Å². The number of H-pyrrole nitrogens is 2. The first kappa shape index (κ1) is 20.6. The molecule has 172 valence electrons. The molecule has 3 amide bonds. The normalized spacial score (nSPS) is 16.2. The molecule has 0 fully saturated rings. The van der Waals surface area contributed by atoms with Crippen molar-refractivity contribution in [2.24, 2.45) is 0 Å². The quantitative estimate of drug-likeness (QED) is 0.396. The summed E-state index contributed by atoms with van der Waals surface area (Å²) in [4.78, 5) is 70.7. The van der Waals surface area contributed by atoms with Crippen LogP contribution >= 0.6 is 0 Å². The molecule has 4 aromatic rings. The van der Waals surface area contributed by atoms with Crippen molar-refractivity contribution in [3.05, 3.63) is 104 Å². The highest BCUT2D eigenvalue weighted by atomic mass is 16.2. The molecule has 0 aliphatic carbocycles. The highest BCUT2D eigenvalue weighted by Gasteiger charge is 2.48. The number of aromatic amines is 2. The van der Waals surface area contributed by atoms with Gasteiger partial charge in [0.2, 0.25) is 5.91 Å². The van der Waals surface area contributed by atoms with Gasteiger partial charge in [-0.15, -0.1) is 0 Å². The van der Waals surface area contributed by atoms with E-state index in [9.17, 15) is 24.0 Å². The predicted octanol–water partition coefficient (Wildman–Crippen LogP) is 1.97. The van der Waals surface area contributed by atoms with Gasteiger partial charge < -0.3 is 20.2 Å². The van der Waals surface area contributed by atoms with Crippen molar-refractivity contribution in [2.45, 2.75) is 6.17 Å². The molecule has 10 heteroatoms. The molecule has 1 atom stereocenters. The van der Waals surface area contributed by atoms with Crippen molar-refractivity contribution in [3.63, 3.8) is 0 Å². The van der Waals surface area contributed by atoms with E-state index >= 15 is 0 Å². The fourth-order valence-electron chi connectivity index (χ4n) is 4.68. The number of carbonyl (C=O) groups is 3. The first-order valence-corrected chi connectivity index (χ1v) is 10.8. The van der Waals surface area contributed by atoms with E-state index in [2.05, 4.69) is 15.3 Å². The maximum Gasteiger partial charge on any atom is 0.314 e. The number of nitrogens with zero attached hydrogens (tertiary/aromatic N) is 2. The summed E-state index contributed by atoms with van der Waals surface area (Å²) in [6, 6.07) is 18.5. The Hall–Kier alpha value is -4.99. The number of hydrogen-bond donors (Lipinski definition) is 3. The monoisotopic (exact) mass is 467 g/mol. The maximum absolute atomic E-state index is 13.4. The Bertz CT molecular complexity index is 1690. The molecule has 0 radical (unpaired) electrons. The molecule has 0 unspecified atom stereocenters. The molecule has 0 spiro atoms. The second kappa shape index (κ2) is 7.52. The van der Waals surface area contributed by atoms with E-state index in [1.807, 2.05) is 0 Å². The van der Waals surface area contributed by atoms with Gasteiger partial charge in [0.1, 0.15) is 12.7 Å². The topological polar surface area (TPSA) is 135 Å². The lowest BCUT2D eigenvalue weighted by Crippen LogP contribution is -2.50. The summed E-state index contributed by atoms with van der Waals surface area (Å²) >= 11 is 0. The lowest BCUT2D eigenvalue weighted by Gasteiger charge is -2.40. The molecule has 35 heavy (non-hydrogen) atoms. The molecule has 6 rings (SSSR count). The van der Waals surface area contributed by atoms with Crippen LogP contribution in [0.1, 0.15) is 32.4 Å². The van der Waals surface area contributed by atoms with Crippen LogP contribution in [0.2, 0.25) is 0 Å². The fraction of sp³-hybridized carbons (Fsp3) is 0.0800. The highest BCUT2D eigenvalue weighted by Crippen LogP contribution is 2.44. The predicted molar refractivity (Wildman–Crippen MR) is 127 cm³/mol. The van der Waals surface area contributed by atoms with Crippen molar-refractivity contribution in [1.82, 2.24) is 14.9 Å². The van der Waals surface area contributed by atoms with E-state index in [1.165, 1.54) is 11.0 Å². The third-order valence-electron chi connectivity index (χ3n) is 6.20. The minimum absolute atomic E-state index is 0.233. The largest absolute Gasteiger partial charge is 0.324 e. The third kappa shape index (κ3) is 3.15. The number of hydrogen-bond acceptors (Lipinski definition) is 5. The van der Waals surface area contributed by atoms with E-state index in [0.29, 0.717) is 39.1 Å². The Balaban J connectivity index is 1.34. The van der Waals surface area contributed by atoms with Crippen molar-refractivity contribution in [2.75, 3.05) is 16.8 Å². The van der Waals surface area contributed by atoms with Crippen LogP contribution in [0.4, 0.5) is 11.4 Å². The maximum atomic E-state index is 13.4. The first-order chi connectivity index (χ1) is 16.9. The number of rotatable bonds is 3. The van der Waals surface area contributed by atoms with Crippen LogP contribution in [0.5, 0.6) is 0 Å². The second-order valence-electron chi connectivity index (χ2n) is 8.30. The number of amides is 3. The van der Waals surface area contributed by atoms with Gasteiger partial charge in [0.15, 0.2) is 0 Å². The molecule has 3 N–H and O–H groups in total. The number of aromatic nitrogens is 2. The molecule has 1 aromatic heterocycles. The van der Waals surface area contributed by atoms with Gasteiger partial charge in [-0.1, -0.05) is 30.3 Å². The minimum Gasteiger partial charge on any atom is -0.324 e. The average Bonchev–Trinajstić information content (AvgIpc) is 3.15. The molecule has 0 saturated carbocycles. The number of carbonyl (C=O) groups excluding carboxylic acids is 3. The summed E-state index contributed by atoms with van der Waals surface area (Å²) in [6.07, 6.45) is -0.745. The summed E-state index contributed by atoms with van der Waals surface area (Å²) < 4.78 is 0. The molecule has 2 aliphatic rings. The Morgan fingerprint density at radius 2 is 1.49 bits per heavy atom. The number of nitrogens with one attached hydrogen (secondary N) is 3. The van der Waals surface area contributed by atoms with E-state index in [-0.39, 0.29) is 18.4 Å². The zero-order valence-corrected chi connectivity index (χ0v) is 18.1. The Morgan fingerprint density at radius 3 is 2.29 bits per heavy atom. The number of anilines is 2. The van der Waals surface area contributed by atoms with Crippen molar-refractivity contribution < 1.29 is 14.4 Å². The smallest absolute Gasteiger partial charge is 0.314 e. The SMILES string of the molecule is O=C(CN1C(=O)c2ccccc2N2C(=O)c3ccccc3[C@@H]12)Nc1ccc2[nH]c(=O)c(=O)[nH]c2c1. The van der Waals surface area contributed by atoms with Gasteiger partial charge in [-0.25, -0.2) is 0 Å². The average molecular weight is 467 g/mol. The zero-order valence-electron chi connectivity index (χ0n) is 18.1. The van der Waals surface area contributed by atoms with Crippen LogP contribution in [0.15, 0.2) is 76.3 Å². The molecule has 3 aromatic carbocycles. The summed E-state index contributed by atoms with van der Waals surface area (Å²) in [5, 5.41) is 2.72. The van der Waals surface area contributed by atoms with Crippen LogP contribution in [0.25, 0.3) is 11.0 Å². The lowest BCUT2D eigenvalue weighted by molar-refractivity contribution is -0.117. The van der Waals surface area contributed by atoms with Gasteiger partial charge >= 0.3 is 11.1 Å². The number of fused-ring (bicyclic) bond motifs is 6. The Kier molecular flexibility index (Phi) is 4.43. The molecular formula is C25H17N5O5. The van der Waals surface area contributed by atoms with Gasteiger partial charge in [-0.05, 0) is 36.4 Å². The first-order valence-electron chi connectivity index (χ1n) is 10.8. The van der Waals surface area contributed by atoms with Crippen LogP contribution in [0.3, 0.4) is 0 Å². The summed E-state index contributed by atoms with van der Waals surface area (Å²) in [5.41, 5.74) is 1.54. The van der Waals surface area contributed by atoms with Crippen LogP contribution in [0, 0.1) is 0 Å². The Morgan fingerprint density at radius 1 is 0.800 bits per heavy atom. The van der Waals surface area contributed by atoms with Gasteiger partial charge in [0, 0.05) is 16.8 Å². The standard InChI is InChI=1S/C25H17N5O5/c31-20(26-13-9-10-17-18(11-13)28-22(33)21(32)27-17)12-29-23-14-5-1-2-6-15(14)25(35)30(23)19-8-4-3-7-16(19)24(29)34/h1-11,23H,12H2,(H,26,31)(H,27,32)(H,28,33)/t23-/m0/s1. The fourth-order valence-corrected chi connectivity index (χ4v) is 4.68. The highest BCUT2D eigenvalue weighted by molar-refractivity contribution is 6.17. The van der Waals surface area contributed by atoms with E-state index in [4.69, 9.17) is 0 Å². The van der Waals surface area contributed by atoms with Crippen LogP contribution in [-0.2, 0) is 4.79 Å². The molecular weight excluding hydrogens is 450 g/mol. The molecule has 0 saturated heterocycles. The van der Waals surface area contributed by atoms with Crippen molar-refractivity contribution in [1.29, 1.82) is 0 Å².